The molecule has 0 amide bonds. The van der Waals surface area contributed by atoms with Crippen LogP contribution in [0.5, 0.6) is 0 Å². The molecule has 1 aromatic rings. The van der Waals surface area contributed by atoms with Crippen LogP contribution in [0.1, 0.15) is 30.0 Å². The van der Waals surface area contributed by atoms with E-state index < -0.39 is 5.60 Å². The number of ether oxygens (including phenoxy) is 1. The van der Waals surface area contributed by atoms with Crippen molar-refractivity contribution in [2.75, 3.05) is 6.61 Å². The molecule has 0 fully saturated rings. The number of hydrogen-bond donors (Lipinski definition) is 1. The molecule has 1 aliphatic rings. The Kier molecular flexibility index (Phi) is 2.76. The van der Waals surface area contributed by atoms with Crippen molar-refractivity contribution in [1.29, 1.82) is 0 Å². The molecule has 0 saturated carbocycles. The van der Waals surface area contributed by atoms with Crippen molar-refractivity contribution >= 4 is 0 Å². The van der Waals surface area contributed by atoms with Gasteiger partial charge in [-0.25, -0.2) is 0 Å². The summed E-state index contributed by atoms with van der Waals surface area (Å²) in [5.41, 5.74) is 2.17. The lowest BCUT2D eigenvalue weighted by molar-refractivity contribution is 0.0312. The van der Waals surface area contributed by atoms with Gasteiger partial charge in [-0.15, -0.1) is 0 Å². The van der Waals surface area contributed by atoms with Crippen LogP contribution in [0.2, 0.25) is 0 Å². The van der Waals surface area contributed by atoms with Gasteiger partial charge in [-0.1, -0.05) is 23.8 Å². The van der Waals surface area contributed by atoms with Crippen LogP contribution in [0.3, 0.4) is 0 Å². The van der Waals surface area contributed by atoms with Crippen molar-refractivity contribution in [3.8, 4) is 0 Å². The molecule has 1 aliphatic heterocycles. The molecule has 86 valence electrons. The molecule has 0 saturated heterocycles. The van der Waals surface area contributed by atoms with E-state index in [1.807, 2.05) is 32.1 Å². The Morgan fingerprint density at radius 1 is 1.31 bits per heavy atom. The molecule has 1 heterocycles. The predicted octanol–water partition coefficient (Wildman–Crippen LogP) is 2.82. The smallest absolute Gasteiger partial charge is 0.143 e. The molecule has 2 heteroatoms. The summed E-state index contributed by atoms with van der Waals surface area (Å²) in [6.07, 6.45) is 2.86. The number of benzene rings is 1. The third kappa shape index (κ3) is 1.85. The molecular weight excluding hydrogens is 200 g/mol. The molecule has 0 aromatic heterocycles. The number of rotatable bonds is 2. The van der Waals surface area contributed by atoms with Gasteiger partial charge in [0.05, 0.1) is 6.61 Å². The molecular formula is C14H18O2. The van der Waals surface area contributed by atoms with E-state index in [-0.39, 0.29) is 0 Å². The quantitative estimate of drug-likeness (QED) is 0.827. The van der Waals surface area contributed by atoms with Gasteiger partial charge in [-0.3, -0.25) is 0 Å². The summed E-state index contributed by atoms with van der Waals surface area (Å²) in [7, 11) is 0. The standard InChI is InChI=1S/C14H18O2/c1-10-6-7-11(2)12(9-10)14(3,15)13-5-4-8-16-13/h5-7,9,15H,4,8H2,1-3H3. The van der Waals surface area contributed by atoms with Gasteiger partial charge in [-0.2, -0.15) is 0 Å². The van der Waals surface area contributed by atoms with Gasteiger partial charge >= 0.3 is 0 Å². The van der Waals surface area contributed by atoms with Gasteiger partial charge in [0.25, 0.3) is 0 Å². The number of aliphatic hydroxyl groups is 1. The largest absolute Gasteiger partial charge is 0.495 e. The summed E-state index contributed by atoms with van der Waals surface area (Å²) in [5, 5.41) is 10.6. The summed E-state index contributed by atoms with van der Waals surface area (Å²) in [6.45, 7) is 6.52. The predicted molar refractivity (Wildman–Crippen MR) is 64.1 cm³/mol. The average Bonchev–Trinajstić information content (AvgIpc) is 2.75. The van der Waals surface area contributed by atoms with Crippen LogP contribution in [-0.4, -0.2) is 11.7 Å². The second-order valence-electron chi connectivity index (χ2n) is 4.60. The normalized spacial score (nSPS) is 18.9. The Labute approximate surface area is 96.6 Å². The zero-order valence-corrected chi connectivity index (χ0v) is 10.1. The van der Waals surface area contributed by atoms with Gasteiger partial charge < -0.3 is 9.84 Å². The molecule has 0 bridgehead atoms. The highest BCUT2D eigenvalue weighted by molar-refractivity contribution is 5.39. The Morgan fingerprint density at radius 2 is 2.06 bits per heavy atom. The maximum atomic E-state index is 10.6. The van der Waals surface area contributed by atoms with Crippen molar-refractivity contribution in [3.63, 3.8) is 0 Å². The molecule has 1 unspecified atom stereocenters. The van der Waals surface area contributed by atoms with Crippen LogP contribution < -0.4 is 0 Å². The summed E-state index contributed by atoms with van der Waals surface area (Å²) >= 11 is 0. The second kappa shape index (κ2) is 3.95. The lowest BCUT2D eigenvalue weighted by atomic mass is 9.89. The topological polar surface area (TPSA) is 29.5 Å². The first kappa shape index (κ1) is 11.2. The van der Waals surface area contributed by atoms with Crippen LogP contribution in [0.4, 0.5) is 0 Å². The minimum absolute atomic E-state index is 0.677. The van der Waals surface area contributed by atoms with Crippen molar-refractivity contribution in [3.05, 3.63) is 46.7 Å². The van der Waals surface area contributed by atoms with E-state index in [0.29, 0.717) is 12.4 Å². The number of aryl methyl sites for hydroxylation is 2. The van der Waals surface area contributed by atoms with Gasteiger partial charge in [0, 0.05) is 6.42 Å². The fraction of sp³-hybridized carbons (Fsp3) is 0.429. The minimum atomic E-state index is -1.01. The van der Waals surface area contributed by atoms with Crippen LogP contribution in [0, 0.1) is 13.8 Å². The van der Waals surface area contributed by atoms with E-state index in [9.17, 15) is 5.11 Å². The third-order valence-electron chi connectivity index (χ3n) is 3.10. The van der Waals surface area contributed by atoms with Gasteiger partial charge in [0.1, 0.15) is 11.4 Å². The molecule has 0 aliphatic carbocycles. The summed E-state index contributed by atoms with van der Waals surface area (Å²) in [6, 6.07) is 6.12. The lowest BCUT2D eigenvalue weighted by Gasteiger charge is -2.26. The maximum absolute atomic E-state index is 10.6. The number of hydrogen-bond acceptors (Lipinski definition) is 2. The first-order chi connectivity index (χ1) is 7.51. The van der Waals surface area contributed by atoms with Crippen molar-refractivity contribution in [2.24, 2.45) is 0 Å². The van der Waals surface area contributed by atoms with E-state index in [4.69, 9.17) is 4.74 Å². The third-order valence-corrected chi connectivity index (χ3v) is 3.10. The molecule has 0 spiro atoms. The van der Waals surface area contributed by atoms with E-state index in [0.717, 1.165) is 23.1 Å². The van der Waals surface area contributed by atoms with E-state index in [1.165, 1.54) is 0 Å². The van der Waals surface area contributed by atoms with E-state index in [1.54, 1.807) is 6.92 Å². The summed E-state index contributed by atoms with van der Waals surface area (Å²) in [5.74, 6) is 0.682. The fourth-order valence-electron chi connectivity index (χ4n) is 2.15. The zero-order chi connectivity index (χ0) is 11.8. The first-order valence-corrected chi connectivity index (χ1v) is 5.65. The van der Waals surface area contributed by atoms with Gasteiger partial charge in [-0.05, 0) is 38.0 Å². The van der Waals surface area contributed by atoms with Crippen molar-refractivity contribution in [1.82, 2.24) is 0 Å². The van der Waals surface area contributed by atoms with Crippen LogP contribution in [-0.2, 0) is 10.3 Å². The van der Waals surface area contributed by atoms with Crippen molar-refractivity contribution < 1.29 is 9.84 Å². The fourth-order valence-corrected chi connectivity index (χ4v) is 2.15. The Bertz CT molecular complexity index is 430. The minimum Gasteiger partial charge on any atom is -0.495 e. The highest BCUT2D eigenvalue weighted by atomic mass is 16.5. The Hall–Kier alpha value is -1.28. The Balaban J connectivity index is 2.45. The van der Waals surface area contributed by atoms with Crippen LogP contribution >= 0.6 is 0 Å². The monoisotopic (exact) mass is 218 g/mol. The molecule has 1 N–H and O–H groups in total. The first-order valence-electron chi connectivity index (χ1n) is 5.65. The highest BCUT2D eigenvalue weighted by Gasteiger charge is 2.32. The zero-order valence-electron chi connectivity index (χ0n) is 10.1. The molecule has 2 rings (SSSR count). The van der Waals surface area contributed by atoms with Gasteiger partial charge in [0.2, 0.25) is 0 Å². The SMILES string of the molecule is Cc1ccc(C)c(C(C)(O)C2=CCCO2)c1. The summed E-state index contributed by atoms with van der Waals surface area (Å²) in [4.78, 5) is 0. The molecule has 2 nitrogen and oxygen atoms in total. The second-order valence-corrected chi connectivity index (χ2v) is 4.60. The molecule has 1 aromatic carbocycles. The van der Waals surface area contributed by atoms with Crippen molar-refractivity contribution in [2.45, 2.75) is 32.8 Å². The molecule has 16 heavy (non-hydrogen) atoms. The maximum Gasteiger partial charge on any atom is 0.143 e. The van der Waals surface area contributed by atoms with Gasteiger partial charge in [0.15, 0.2) is 0 Å². The van der Waals surface area contributed by atoms with Crippen LogP contribution in [0.25, 0.3) is 0 Å². The summed E-state index contributed by atoms with van der Waals surface area (Å²) < 4.78 is 5.48. The molecule has 1 atom stereocenters. The average molecular weight is 218 g/mol. The van der Waals surface area contributed by atoms with E-state index >= 15 is 0 Å². The lowest BCUT2D eigenvalue weighted by Crippen LogP contribution is -2.25. The molecule has 0 radical (unpaired) electrons. The van der Waals surface area contributed by atoms with Crippen LogP contribution in [0.15, 0.2) is 30.0 Å². The highest BCUT2D eigenvalue weighted by Crippen LogP contribution is 2.34. The van der Waals surface area contributed by atoms with E-state index in [2.05, 4.69) is 6.07 Å². The Morgan fingerprint density at radius 3 is 2.69 bits per heavy atom.